The van der Waals surface area contributed by atoms with Crippen molar-refractivity contribution in [3.8, 4) is 0 Å². The highest BCUT2D eigenvalue weighted by Gasteiger charge is 2.12. The van der Waals surface area contributed by atoms with Crippen LogP contribution in [0.25, 0.3) is 0 Å². The fourth-order valence-electron chi connectivity index (χ4n) is 1.40. The average molecular weight is 411 g/mol. The number of amides is 1. The Morgan fingerprint density at radius 3 is 2.63 bits per heavy atom. The van der Waals surface area contributed by atoms with E-state index in [1.54, 1.807) is 6.07 Å². The maximum atomic E-state index is 13.4. The summed E-state index contributed by atoms with van der Waals surface area (Å²) in [7, 11) is 0. The van der Waals surface area contributed by atoms with E-state index in [0.29, 0.717) is 4.88 Å². The number of hydrogen-bond donors (Lipinski definition) is 1. The first-order valence-electron chi connectivity index (χ1n) is 5.14. The van der Waals surface area contributed by atoms with Crippen molar-refractivity contribution in [3.05, 3.63) is 54.6 Å². The Bertz CT molecular complexity index is 611. The zero-order chi connectivity index (χ0) is 14.0. The molecule has 0 unspecified atom stereocenters. The van der Waals surface area contributed by atoms with Crippen LogP contribution in [0.4, 0.5) is 8.78 Å². The molecule has 1 heterocycles. The topological polar surface area (TPSA) is 29.1 Å². The van der Waals surface area contributed by atoms with Crippen LogP contribution in [0.15, 0.2) is 32.5 Å². The molecule has 0 saturated carbocycles. The molecule has 0 aliphatic heterocycles. The first-order chi connectivity index (χ1) is 8.97. The monoisotopic (exact) mass is 409 g/mol. The molecule has 1 amide bonds. The van der Waals surface area contributed by atoms with Gasteiger partial charge in [0.15, 0.2) is 0 Å². The van der Waals surface area contributed by atoms with Crippen molar-refractivity contribution in [1.82, 2.24) is 5.32 Å². The minimum absolute atomic E-state index is 0.0600. The van der Waals surface area contributed by atoms with Crippen LogP contribution in [-0.2, 0) is 6.54 Å². The molecular formula is C12H7Br2F2NOS. The van der Waals surface area contributed by atoms with E-state index in [0.717, 1.165) is 26.5 Å². The first-order valence-corrected chi connectivity index (χ1v) is 7.54. The second-order valence-electron chi connectivity index (χ2n) is 3.65. The van der Waals surface area contributed by atoms with Gasteiger partial charge in [0.05, 0.1) is 8.66 Å². The van der Waals surface area contributed by atoms with Crippen molar-refractivity contribution in [1.29, 1.82) is 0 Å². The SMILES string of the molecule is O=C(NCc1cc(F)ccc1F)c1cc(Br)c(Br)s1. The van der Waals surface area contributed by atoms with E-state index in [9.17, 15) is 13.6 Å². The van der Waals surface area contributed by atoms with Crippen molar-refractivity contribution in [2.45, 2.75) is 6.54 Å². The van der Waals surface area contributed by atoms with Gasteiger partial charge in [0, 0.05) is 16.6 Å². The van der Waals surface area contributed by atoms with Crippen LogP contribution in [0.2, 0.25) is 0 Å². The fourth-order valence-corrected chi connectivity index (χ4v) is 3.35. The van der Waals surface area contributed by atoms with Crippen LogP contribution in [-0.4, -0.2) is 5.91 Å². The van der Waals surface area contributed by atoms with E-state index in [1.165, 1.54) is 11.3 Å². The van der Waals surface area contributed by atoms with Crippen molar-refractivity contribution in [2.75, 3.05) is 0 Å². The number of rotatable bonds is 3. The molecule has 0 spiro atoms. The molecule has 1 N–H and O–H groups in total. The molecule has 1 aromatic carbocycles. The highest BCUT2D eigenvalue weighted by Crippen LogP contribution is 2.32. The van der Waals surface area contributed by atoms with Crippen molar-refractivity contribution < 1.29 is 13.6 Å². The zero-order valence-corrected chi connectivity index (χ0v) is 13.3. The zero-order valence-electron chi connectivity index (χ0n) is 9.34. The minimum atomic E-state index is -0.546. The number of hydrogen-bond acceptors (Lipinski definition) is 2. The molecule has 7 heteroatoms. The summed E-state index contributed by atoms with van der Waals surface area (Å²) in [5.74, 6) is -1.41. The third-order valence-corrected chi connectivity index (χ3v) is 5.57. The summed E-state index contributed by atoms with van der Waals surface area (Å²) in [6.07, 6.45) is 0. The number of thiophene rings is 1. The van der Waals surface area contributed by atoms with Crippen molar-refractivity contribution in [3.63, 3.8) is 0 Å². The standard InChI is InChI=1S/C12H7Br2F2NOS/c13-8-4-10(19-11(8)14)12(18)17-5-6-3-7(15)1-2-9(6)16/h1-4H,5H2,(H,17,18). The Balaban J connectivity index is 2.06. The lowest BCUT2D eigenvalue weighted by atomic mass is 10.2. The molecule has 19 heavy (non-hydrogen) atoms. The van der Waals surface area contributed by atoms with E-state index in [-0.39, 0.29) is 18.0 Å². The molecule has 0 aliphatic rings. The molecule has 2 rings (SSSR count). The van der Waals surface area contributed by atoms with Gasteiger partial charge in [0.1, 0.15) is 11.6 Å². The van der Waals surface area contributed by atoms with Crippen LogP contribution in [0.1, 0.15) is 15.2 Å². The van der Waals surface area contributed by atoms with Gasteiger partial charge in [0.25, 0.3) is 5.91 Å². The highest BCUT2D eigenvalue weighted by molar-refractivity contribution is 9.13. The van der Waals surface area contributed by atoms with Gasteiger partial charge in [-0.15, -0.1) is 11.3 Å². The second kappa shape index (κ2) is 6.11. The summed E-state index contributed by atoms with van der Waals surface area (Å²) in [5.41, 5.74) is 0.114. The number of carbonyl (C=O) groups is 1. The molecule has 2 nitrogen and oxygen atoms in total. The Kier molecular flexibility index (Phi) is 4.70. The number of nitrogens with one attached hydrogen (secondary N) is 1. The Morgan fingerprint density at radius 2 is 2.00 bits per heavy atom. The maximum absolute atomic E-state index is 13.4. The molecule has 0 radical (unpaired) electrons. The van der Waals surface area contributed by atoms with Crippen LogP contribution in [0.3, 0.4) is 0 Å². The van der Waals surface area contributed by atoms with Crippen LogP contribution in [0, 0.1) is 11.6 Å². The van der Waals surface area contributed by atoms with Gasteiger partial charge >= 0.3 is 0 Å². The first kappa shape index (κ1) is 14.6. The summed E-state index contributed by atoms with van der Waals surface area (Å²) in [4.78, 5) is 12.3. The normalized spacial score (nSPS) is 10.5. The van der Waals surface area contributed by atoms with Crippen LogP contribution in [0.5, 0.6) is 0 Å². The smallest absolute Gasteiger partial charge is 0.261 e. The van der Waals surface area contributed by atoms with Gasteiger partial charge in [-0.3, -0.25) is 4.79 Å². The lowest BCUT2D eigenvalue weighted by Gasteiger charge is -2.05. The van der Waals surface area contributed by atoms with E-state index in [4.69, 9.17) is 0 Å². The summed E-state index contributed by atoms with van der Waals surface area (Å²) in [5, 5.41) is 2.55. The Hall–Kier alpha value is -0.790. The van der Waals surface area contributed by atoms with Gasteiger partial charge in [-0.2, -0.15) is 0 Å². The lowest BCUT2D eigenvalue weighted by Crippen LogP contribution is -2.22. The summed E-state index contributed by atoms with van der Waals surface area (Å²) < 4.78 is 27.9. The van der Waals surface area contributed by atoms with Crippen molar-refractivity contribution >= 4 is 49.1 Å². The highest BCUT2D eigenvalue weighted by atomic mass is 79.9. The number of carbonyl (C=O) groups excluding carboxylic acids is 1. The van der Waals surface area contributed by atoms with Crippen LogP contribution >= 0.6 is 43.2 Å². The Morgan fingerprint density at radius 1 is 1.26 bits per heavy atom. The second-order valence-corrected chi connectivity index (χ2v) is 6.88. The van der Waals surface area contributed by atoms with Gasteiger partial charge < -0.3 is 5.32 Å². The molecule has 0 saturated heterocycles. The van der Waals surface area contributed by atoms with E-state index in [1.807, 2.05) is 0 Å². The van der Waals surface area contributed by atoms with E-state index >= 15 is 0 Å². The largest absolute Gasteiger partial charge is 0.347 e. The number of benzene rings is 1. The van der Waals surface area contributed by atoms with Gasteiger partial charge in [-0.05, 0) is 56.1 Å². The molecule has 0 bridgehead atoms. The number of halogens is 4. The molecular weight excluding hydrogens is 404 g/mol. The molecule has 100 valence electrons. The van der Waals surface area contributed by atoms with E-state index in [2.05, 4.69) is 37.2 Å². The maximum Gasteiger partial charge on any atom is 0.261 e. The minimum Gasteiger partial charge on any atom is -0.347 e. The summed E-state index contributed by atoms with van der Waals surface area (Å²) >= 11 is 7.81. The molecule has 0 fully saturated rings. The molecule has 0 aliphatic carbocycles. The lowest BCUT2D eigenvalue weighted by molar-refractivity contribution is 0.0954. The predicted molar refractivity (Wildman–Crippen MR) is 77.2 cm³/mol. The average Bonchev–Trinajstić information content (AvgIpc) is 2.70. The van der Waals surface area contributed by atoms with E-state index < -0.39 is 11.6 Å². The summed E-state index contributed by atoms with van der Waals surface area (Å²) in [6.45, 7) is -0.0600. The quantitative estimate of drug-likeness (QED) is 0.793. The summed E-state index contributed by atoms with van der Waals surface area (Å²) in [6, 6.07) is 4.80. The fraction of sp³-hybridized carbons (Fsp3) is 0.0833. The molecule has 0 atom stereocenters. The predicted octanol–water partition coefficient (Wildman–Crippen LogP) is 4.48. The van der Waals surface area contributed by atoms with Gasteiger partial charge in [-0.1, -0.05) is 0 Å². The molecule has 2 aromatic rings. The molecule has 1 aromatic heterocycles. The van der Waals surface area contributed by atoms with Gasteiger partial charge in [-0.25, -0.2) is 8.78 Å². The van der Waals surface area contributed by atoms with Crippen LogP contribution < -0.4 is 5.32 Å². The third kappa shape index (κ3) is 3.61. The van der Waals surface area contributed by atoms with Crippen molar-refractivity contribution in [2.24, 2.45) is 0 Å². The Labute approximate surface area is 129 Å². The van der Waals surface area contributed by atoms with Gasteiger partial charge in [0.2, 0.25) is 0 Å². The third-order valence-electron chi connectivity index (χ3n) is 2.32.